The number of aryl methyl sites for hydroxylation is 1. The molecule has 0 aliphatic heterocycles. The first-order valence-corrected chi connectivity index (χ1v) is 9.35. The van der Waals surface area contributed by atoms with Crippen LogP contribution < -0.4 is 10.9 Å². The van der Waals surface area contributed by atoms with Gasteiger partial charge in [0.1, 0.15) is 4.83 Å². The molecule has 0 bridgehead atoms. The number of carbonyl (C=O) groups excluding carboxylic acids is 1. The zero-order valence-electron chi connectivity index (χ0n) is 12.1. The van der Waals surface area contributed by atoms with Crippen LogP contribution in [0.3, 0.4) is 0 Å². The fourth-order valence-electron chi connectivity index (χ4n) is 2.00. The normalized spacial score (nSPS) is 10.9. The molecule has 1 amide bonds. The first-order chi connectivity index (χ1) is 11.0. The highest BCUT2D eigenvalue weighted by atomic mass is 79.9. The van der Waals surface area contributed by atoms with E-state index < -0.39 is 0 Å². The van der Waals surface area contributed by atoms with E-state index in [1.165, 1.54) is 23.1 Å². The number of halogens is 1. The van der Waals surface area contributed by atoms with Crippen LogP contribution in [0.25, 0.3) is 10.2 Å². The van der Waals surface area contributed by atoms with Crippen LogP contribution in [0, 0.1) is 6.92 Å². The third-order valence-electron chi connectivity index (χ3n) is 3.07. The van der Waals surface area contributed by atoms with Crippen molar-refractivity contribution in [1.29, 1.82) is 0 Å². The summed E-state index contributed by atoms with van der Waals surface area (Å²) < 4.78 is 0.950. The summed E-state index contributed by atoms with van der Waals surface area (Å²) in [7, 11) is 0. The maximum atomic E-state index is 12.0. The largest absolute Gasteiger partial charge is 0.325 e. The van der Waals surface area contributed by atoms with E-state index >= 15 is 0 Å². The Morgan fingerprint density at radius 3 is 2.87 bits per heavy atom. The molecule has 1 aromatic carbocycles. The van der Waals surface area contributed by atoms with E-state index in [1.807, 2.05) is 36.6 Å². The lowest BCUT2D eigenvalue weighted by Crippen LogP contribution is -2.15. The highest BCUT2D eigenvalue weighted by Crippen LogP contribution is 2.22. The minimum absolute atomic E-state index is 0.151. The zero-order chi connectivity index (χ0) is 16.4. The molecule has 0 radical (unpaired) electrons. The van der Waals surface area contributed by atoms with E-state index in [2.05, 4.69) is 31.2 Å². The average Bonchev–Trinajstić information content (AvgIpc) is 2.89. The van der Waals surface area contributed by atoms with E-state index in [4.69, 9.17) is 0 Å². The molecule has 3 rings (SSSR count). The third kappa shape index (κ3) is 3.82. The average molecular weight is 410 g/mol. The highest BCUT2D eigenvalue weighted by molar-refractivity contribution is 9.10. The Morgan fingerprint density at radius 2 is 2.13 bits per heavy atom. The highest BCUT2D eigenvalue weighted by Gasteiger charge is 2.10. The molecule has 0 fully saturated rings. The number of fused-ring (bicyclic) bond motifs is 1. The summed E-state index contributed by atoms with van der Waals surface area (Å²) in [6, 6.07) is 7.34. The van der Waals surface area contributed by atoms with Crippen LogP contribution in [-0.2, 0) is 4.79 Å². The number of H-pyrrole nitrogens is 1. The second kappa shape index (κ2) is 6.86. The van der Waals surface area contributed by atoms with Crippen LogP contribution in [0.15, 0.2) is 44.1 Å². The SMILES string of the molecule is Cc1csc2nc(SCC(=O)Nc3ccc(Br)cc3)[nH]c(=O)c12. The lowest BCUT2D eigenvalue weighted by atomic mass is 10.3. The number of hydrogen-bond donors (Lipinski definition) is 2. The van der Waals surface area contributed by atoms with Crippen LogP contribution >= 0.6 is 39.0 Å². The predicted octanol–water partition coefficient (Wildman–Crippen LogP) is 3.79. The molecular weight excluding hydrogens is 398 g/mol. The minimum atomic E-state index is -0.162. The molecule has 0 spiro atoms. The molecule has 3 aromatic rings. The van der Waals surface area contributed by atoms with Crippen molar-refractivity contribution in [2.75, 3.05) is 11.1 Å². The van der Waals surface area contributed by atoms with Crippen molar-refractivity contribution in [3.63, 3.8) is 0 Å². The molecule has 2 heterocycles. The van der Waals surface area contributed by atoms with E-state index in [0.29, 0.717) is 15.4 Å². The molecule has 2 N–H and O–H groups in total. The van der Waals surface area contributed by atoms with Gasteiger partial charge in [0, 0.05) is 10.2 Å². The van der Waals surface area contributed by atoms with Crippen LogP contribution in [0.1, 0.15) is 5.56 Å². The Balaban J connectivity index is 1.67. The van der Waals surface area contributed by atoms with Gasteiger partial charge in [0.05, 0.1) is 11.1 Å². The lowest BCUT2D eigenvalue weighted by molar-refractivity contribution is -0.113. The Bertz CT molecular complexity index is 919. The van der Waals surface area contributed by atoms with Gasteiger partial charge in [-0.3, -0.25) is 9.59 Å². The van der Waals surface area contributed by atoms with Gasteiger partial charge in [0.25, 0.3) is 5.56 Å². The number of aromatic nitrogens is 2. The Kier molecular flexibility index (Phi) is 4.84. The van der Waals surface area contributed by atoms with Crippen molar-refractivity contribution in [3.05, 3.63) is 50.0 Å². The molecule has 0 saturated carbocycles. The summed E-state index contributed by atoms with van der Waals surface area (Å²) in [5, 5.41) is 5.78. The quantitative estimate of drug-likeness (QED) is 0.507. The summed E-state index contributed by atoms with van der Waals surface area (Å²) in [6.45, 7) is 1.88. The summed E-state index contributed by atoms with van der Waals surface area (Å²) in [5.41, 5.74) is 1.48. The van der Waals surface area contributed by atoms with E-state index in [9.17, 15) is 9.59 Å². The van der Waals surface area contributed by atoms with E-state index in [-0.39, 0.29) is 17.2 Å². The Labute approximate surface area is 148 Å². The van der Waals surface area contributed by atoms with Gasteiger partial charge in [-0.25, -0.2) is 4.98 Å². The molecule has 0 unspecified atom stereocenters. The second-order valence-electron chi connectivity index (χ2n) is 4.81. The van der Waals surface area contributed by atoms with Gasteiger partial charge in [-0.05, 0) is 42.1 Å². The number of benzene rings is 1. The lowest BCUT2D eigenvalue weighted by Gasteiger charge is -2.05. The number of amides is 1. The van der Waals surface area contributed by atoms with Gasteiger partial charge >= 0.3 is 0 Å². The number of aromatic amines is 1. The van der Waals surface area contributed by atoms with Crippen molar-refractivity contribution in [3.8, 4) is 0 Å². The number of nitrogens with zero attached hydrogens (tertiary/aromatic N) is 1. The summed E-state index contributed by atoms with van der Waals surface area (Å²) >= 11 is 5.98. The summed E-state index contributed by atoms with van der Waals surface area (Å²) in [6.07, 6.45) is 0. The maximum absolute atomic E-state index is 12.0. The number of thiophene rings is 1. The van der Waals surface area contributed by atoms with Gasteiger partial charge in [-0.1, -0.05) is 27.7 Å². The minimum Gasteiger partial charge on any atom is -0.325 e. The number of hydrogen-bond acceptors (Lipinski definition) is 5. The van der Waals surface area contributed by atoms with Gasteiger partial charge < -0.3 is 10.3 Å². The van der Waals surface area contributed by atoms with Crippen LogP contribution in [-0.4, -0.2) is 21.6 Å². The molecule has 0 atom stereocenters. The monoisotopic (exact) mass is 409 g/mol. The molecule has 0 aliphatic rings. The van der Waals surface area contributed by atoms with Crippen molar-refractivity contribution in [2.45, 2.75) is 12.1 Å². The number of nitrogens with one attached hydrogen (secondary N) is 2. The Morgan fingerprint density at radius 1 is 1.39 bits per heavy atom. The molecule has 5 nitrogen and oxygen atoms in total. The summed E-state index contributed by atoms with van der Waals surface area (Å²) in [5.74, 6) is 0.0249. The number of carbonyl (C=O) groups is 1. The van der Waals surface area contributed by atoms with Crippen molar-refractivity contribution in [2.24, 2.45) is 0 Å². The second-order valence-corrected chi connectivity index (χ2v) is 7.55. The van der Waals surface area contributed by atoms with Gasteiger partial charge in [0.15, 0.2) is 5.16 Å². The Hall–Kier alpha value is -1.64. The molecule has 0 aliphatic carbocycles. The molecule has 8 heteroatoms. The molecule has 0 saturated heterocycles. The molecule has 118 valence electrons. The number of thioether (sulfide) groups is 1. The van der Waals surface area contributed by atoms with Gasteiger partial charge in [-0.2, -0.15) is 0 Å². The van der Waals surface area contributed by atoms with Gasteiger partial charge in [0.2, 0.25) is 5.91 Å². The van der Waals surface area contributed by atoms with Gasteiger partial charge in [-0.15, -0.1) is 11.3 Å². The first kappa shape index (κ1) is 16.2. The van der Waals surface area contributed by atoms with Crippen LogP contribution in [0.2, 0.25) is 0 Å². The molecule has 2 aromatic heterocycles. The smallest absolute Gasteiger partial charge is 0.260 e. The number of rotatable bonds is 4. The van der Waals surface area contributed by atoms with Crippen molar-refractivity contribution >= 4 is 60.8 Å². The number of anilines is 1. The fourth-order valence-corrected chi connectivity index (χ4v) is 3.91. The van der Waals surface area contributed by atoms with Crippen molar-refractivity contribution < 1.29 is 4.79 Å². The van der Waals surface area contributed by atoms with E-state index in [1.54, 1.807) is 0 Å². The predicted molar refractivity (Wildman–Crippen MR) is 98.5 cm³/mol. The van der Waals surface area contributed by atoms with Crippen molar-refractivity contribution in [1.82, 2.24) is 9.97 Å². The molecule has 23 heavy (non-hydrogen) atoms. The van der Waals surface area contributed by atoms with Crippen LogP contribution in [0.4, 0.5) is 5.69 Å². The first-order valence-electron chi connectivity index (χ1n) is 6.69. The topological polar surface area (TPSA) is 74.8 Å². The standard InChI is InChI=1S/C15H12BrN3O2S2/c1-8-6-22-14-12(8)13(21)18-15(19-14)23-7-11(20)17-10-4-2-9(16)3-5-10/h2-6H,7H2,1H3,(H,17,20)(H,18,19,21). The fraction of sp³-hybridized carbons (Fsp3) is 0.133. The van der Waals surface area contributed by atoms with E-state index in [0.717, 1.165) is 15.7 Å². The molecular formula is C15H12BrN3O2S2. The van der Waals surface area contributed by atoms with Crippen LogP contribution in [0.5, 0.6) is 0 Å². The third-order valence-corrected chi connectivity index (χ3v) is 5.47. The zero-order valence-corrected chi connectivity index (χ0v) is 15.3. The summed E-state index contributed by atoms with van der Waals surface area (Å²) in [4.78, 5) is 31.8. The maximum Gasteiger partial charge on any atom is 0.260 e.